The number of methoxy groups -OCH3 is 1. The molecule has 6 nitrogen and oxygen atoms in total. The molecule has 0 N–H and O–H groups in total. The molecule has 168 valence electrons. The number of nitrogens with zero attached hydrogens (tertiary/aromatic N) is 2. The van der Waals surface area contributed by atoms with Gasteiger partial charge in [0.05, 0.1) is 23.7 Å². The summed E-state index contributed by atoms with van der Waals surface area (Å²) in [5, 5.41) is 0. The van der Waals surface area contributed by atoms with E-state index in [2.05, 4.69) is 36.9 Å². The Hall–Kier alpha value is -3.06. The van der Waals surface area contributed by atoms with Crippen LogP contribution in [0.2, 0.25) is 0 Å². The number of benzene rings is 2. The maximum atomic E-state index is 12.9. The van der Waals surface area contributed by atoms with Crippen molar-refractivity contribution in [2.45, 2.75) is 24.5 Å². The number of furan rings is 1. The van der Waals surface area contributed by atoms with Gasteiger partial charge in [-0.05, 0) is 67.4 Å². The fourth-order valence-corrected chi connectivity index (χ4v) is 4.91. The van der Waals surface area contributed by atoms with Crippen LogP contribution < -0.4 is 9.64 Å². The molecule has 1 aromatic heterocycles. The number of amides is 1. The lowest BCUT2D eigenvalue weighted by Gasteiger charge is -2.36. The lowest BCUT2D eigenvalue weighted by atomic mass is 10.1. The lowest BCUT2D eigenvalue weighted by Crippen LogP contribution is -2.49. The molecular weight excluding hydrogens is 424 g/mol. The molecule has 0 saturated carbocycles. The highest BCUT2D eigenvalue weighted by Gasteiger charge is 2.25. The molecule has 0 radical (unpaired) electrons. The van der Waals surface area contributed by atoms with E-state index in [9.17, 15) is 9.00 Å². The second kappa shape index (κ2) is 9.61. The van der Waals surface area contributed by atoms with Gasteiger partial charge < -0.3 is 19.0 Å². The molecule has 4 rings (SSSR count). The third-order valence-electron chi connectivity index (χ3n) is 5.95. The number of aryl methyl sites for hydroxylation is 1. The third-order valence-corrected chi connectivity index (χ3v) is 7.30. The standard InChI is InChI=1S/C25H28N2O4S/c1-18-5-4-6-23(19(18)2)26-13-15-27(16-14-26)25(28)24-12-9-21(31-24)17-32(29)22-10-7-20(30-3)8-11-22/h4-12H,13-17H2,1-3H3/t32-/m1/s1. The summed E-state index contributed by atoms with van der Waals surface area (Å²) in [6.45, 7) is 7.10. The van der Waals surface area contributed by atoms with Gasteiger partial charge in [0.25, 0.3) is 5.91 Å². The highest BCUT2D eigenvalue weighted by Crippen LogP contribution is 2.25. The van der Waals surface area contributed by atoms with Crippen LogP contribution in [-0.4, -0.2) is 48.3 Å². The van der Waals surface area contributed by atoms with Gasteiger partial charge in [0.15, 0.2) is 5.76 Å². The molecule has 0 aliphatic carbocycles. The number of piperazine rings is 1. The molecular formula is C25H28N2O4S. The topological polar surface area (TPSA) is 63.0 Å². The number of anilines is 1. The summed E-state index contributed by atoms with van der Waals surface area (Å²) in [5.74, 6) is 1.66. The van der Waals surface area contributed by atoms with Crippen LogP contribution in [0.25, 0.3) is 0 Å². The summed E-state index contributed by atoms with van der Waals surface area (Å²) in [5.41, 5.74) is 3.79. The highest BCUT2D eigenvalue weighted by molar-refractivity contribution is 7.84. The largest absolute Gasteiger partial charge is 0.497 e. The van der Waals surface area contributed by atoms with Gasteiger partial charge in [-0.25, -0.2) is 0 Å². The van der Waals surface area contributed by atoms with Gasteiger partial charge >= 0.3 is 0 Å². The van der Waals surface area contributed by atoms with Crippen molar-refractivity contribution >= 4 is 22.4 Å². The van der Waals surface area contributed by atoms with Crippen LogP contribution in [0.1, 0.15) is 27.4 Å². The van der Waals surface area contributed by atoms with Gasteiger partial charge in [0.2, 0.25) is 0 Å². The molecule has 0 bridgehead atoms. The molecule has 1 aliphatic rings. The fourth-order valence-electron chi connectivity index (χ4n) is 3.89. The SMILES string of the molecule is COc1ccc([S@](=O)Cc2ccc(C(=O)N3CCN(c4cccc(C)c4C)CC3)o2)cc1. The quantitative estimate of drug-likeness (QED) is 0.562. The molecule has 1 fully saturated rings. The molecule has 0 spiro atoms. The van der Waals surface area contributed by atoms with Crippen LogP contribution in [0, 0.1) is 13.8 Å². The average molecular weight is 453 g/mol. The van der Waals surface area contributed by atoms with Crippen LogP contribution in [0.3, 0.4) is 0 Å². The maximum Gasteiger partial charge on any atom is 0.289 e. The number of carbonyl (C=O) groups is 1. The first-order valence-corrected chi connectivity index (χ1v) is 12.0. The molecule has 2 heterocycles. The third kappa shape index (κ3) is 4.72. The number of carbonyl (C=O) groups excluding carboxylic acids is 1. The number of rotatable bonds is 6. The summed E-state index contributed by atoms with van der Waals surface area (Å²) >= 11 is 0. The second-order valence-electron chi connectivity index (χ2n) is 7.93. The van der Waals surface area contributed by atoms with Crippen LogP contribution in [0.4, 0.5) is 5.69 Å². The van der Waals surface area contributed by atoms with Crippen molar-refractivity contribution in [2.75, 3.05) is 38.2 Å². The van der Waals surface area contributed by atoms with Crippen molar-refractivity contribution in [3.05, 3.63) is 77.2 Å². The van der Waals surface area contributed by atoms with Crippen molar-refractivity contribution in [3.63, 3.8) is 0 Å². The van der Waals surface area contributed by atoms with E-state index < -0.39 is 10.8 Å². The number of hydrogen-bond donors (Lipinski definition) is 0. The predicted molar refractivity (Wildman–Crippen MR) is 126 cm³/mol. The first-order valence-electron chi connectivity index (χ1n) is 10.7. The van der Waals surface area contributed by atoms with Gasteiger partial charge in [-0.2, -0.15) is 0 Å². The molecule has 1 aliphatic heterocycles. The van der Waals surface area contributed by atoms with E-state index in [0.717, 1.165) is 13.1 Å². The summed E-state index contributed by atoms with van der Waals surface area (Å²) in [7, 11) is 0.334. The summed E-state index contributed by atoms with van der Waals surface area (Å²) in [4.78, 5) is 17.8. The fraction of sp³-hybridized carbons (Fsp3) is 0.320. The zero-order chi connectivity index (χ0) is 22.7. The van der Waals surface area contributed by atoms with E-state index in [4.69, 9.17) is 9.15 Å². The van der Waals surface area contributed by atoms with Crippen molar-refractivity contribution in [1.82, 2.24) is 4.90 Å². The minimum atomic E-state index is -1.26. The summed E-state index contributed by atoms with van der Waals surface area (Å²) in [6.07, 6.45) is 0. The Morgan fingerprint density at radius 3 is 2.41 bits per heavy atom. The van der Waals surface area contributed by atoms with E-state index in [1.807, 2.05) is 4.90 Å². The minimum absolute atomic E-state index is 0.118. The Kier molecular flexibility index (Phi) is 6.65. The first-order chi connectivity index (χ1) is 15.5. The lowest BCUT2D eigenvalue weighted by molar-refractivity contribution is 0.0713. The van der Waals surface area contributed by atoms with E-state index >= 15 is 0 Å². The van der Waals surface area contributed by atoms with Gasteiger partial charge in [0.1, 0.15) is 11.5 Å². The number of hydrogen-bond acceptors (Lipinski definition) is 5. The van der Waals surface area contributed by atoms with E-state index in [1.165, 1.54) is 16.8 Å². The summed E-state index contributed by atoms with van der Waals surface area (Å²) in [6, 6.07) is 16.9. The second-order valence-corrected chi connectivity index (χ2v) is 9.38. The smallest absolute Gasteiger partial charge is 0.289 e. The van der Waals surface area contributed by atoms with Gasteiger partial charge in [-0.1, -0.05) is 12.1 Å². The normalized spacial score (nSPS) is 15.0. The number of ether oxygens (including phenoxy) is 1. The molecule has 0 unspecified atom stereocenters. The Bertz CT molecular complexity index is 1120. The zero-order valence-corrected chi connectivity index (χ0v) is 19.5. The van der Waals surface area contributed by atoms with E-state index in [1.54, 1.807) is 43.5 Å². The molecule has 1 amide bonds. The van der Waals surface area contributed by atoms with E-state index in [-0.39, 0.29) is 11.7 Å². The summed E-state index contributed by atoms with van der Waals surface area (Å²) < 4.78 is 23.5. The minimum Gasteiger partial charge on any atom is -0.497 e. The molecule has 1 atom stereocenters. The Morgan fingerprint density at radius 1 is 1.00 bits per heavy atom. The molecule has 2 aromatic carbocycles. The van der Waals surface area contributed by atoms with Crippen LogP contribution in [-0.2, 0) is 16.6 Å². The molecule has 7 heteroatoms. The average Bonchev–Trinajstić information content (AvgIpc) is 3.29. The van der Waals surface area contributed by atoms with Crippen LogP contribution in [0.5, 0.6) is 5.75 Å². The Labute approximate surface area is 191 Å². The van der Waals surface area contributed by atoms with Crippen molar-refractivity contribution < 1.29 is 18.2 Å². The zero-order valence-electron chi connectivity index (χ0n) is 18.7. The van der Waals surface area contributed by atoms with Crippen molar-refractivity contribution in [2.24, 2.45) is 0 Å². The van der Waals surface area contributed by atoms with E-state index in [0.29, 0.717) is 35.3 Å². The monoisotopic (exact) mass is 452 g/mol. The Balaban J connectivity index is 1.35. The first kappa shape index (κ1) is 22.1. The van der Waals surface area contributed by atoms with Crippen LogP contribution >= 0.6 is 0 Å². The van der Waals surface area contributed by atoms with Crippen molar-refractivity contribution in [1.29, 1.82) is 0 Å². The maximum absolute atomic E-state index is 12.9. The van der Waals surface area contributed by atoms with Crippen molar-refractivity contribution in [3.8, 4) is 5.75 Å². The Morgan fingerprint density at radius 2 is 1.72 bits per heavy atom. The molecule has 3 aromatic rings. The van der Waals surface area contributed by atoms with Gasteiger partial charge in [-0.3, -0.25) is 9.00 Å². The van der Waals surface area contributed by atoms with Crippen LogP contribution in [0.15, 0.2) is 63.9 Å². The van der Waals surface area contributed by atoms with Gasteiger partial charge in [0, 0.05) is 36.8 Å². The van der Waals surface area contributed by atoms with Gasteiger partial charge in [-0.15, -0.1) is 0 Å². The molecule has 1 saturated heterocycles. The molecule has 32 heavy (non-hydrogen) atoms. The highest BCUT2D eigenvalue weighted by atomic mass is 32.2. The predicted octanol–water partition coefficient (Wildman–Crippen LogP) is 4.18.